The highest BCUT2D eigenvalue weighted by Gasteiger charge is 2.48. The highest BCUT2D eigenvalue weighted by atomic mass is 16.3. The highest BCUT2D eigenvalue weighted by Crippen LogP contribution is 2.59. The first-order valence-electron chi connectivity index (χ1n) is 12.6. The Kier molecular flexibility index (Phi) is 5.38. The van der Waals surface area contributed by atoms with Gasteiger partial charge in [0.2, 0.25) is 0 Å². The van der Waals surface area contributed by atoms with E-state index in [2.05, 4.69) is 122 Å². The van der Waals surface area contributed by atoms with Crippen LogP contribution < -0.4 is 4.90 Å². The van der Waals surface area contributed by atoms with Gasteiger partial charge in [-0.25, -0.2) is 0 Å². The molecule has 176 valence electrons. The molecule has 2 nitrogen and oxygen atoms in total. The van der Waals surface area contributed by atoms with Gasteiger partial charge < -0.3 is 10.0 Å². The number of benzene rings is 5. The number of anilines is 3. The summed E-state index contributed by atoms with van der Waals surface area (Å²) in [6.45, 7) is 4.39. The highest BCUT2D eigenvalue weighted by molar-refractivity contribution is 5.89. The zero-order valence-electron chi connectivity index (χ0n) is 20.6. The van der Waals surface area contributed by atoms with E-state index < -0.39 is 5.41 Å². The minimum Gasteiger partial charge on any atom is -0.508 e. The minimum atomic E-state index is -0.680. The second-order valence-corrected chi connectivity index (χ2v) is 9.48. The molecule has 6 rings (SSSR count). The smallest absolute Gasteiger partial charge is 0.120 e. The number of para-hydroxylation sites is 4. The van der Waals surface area contributed by atoms with Crippen molar-refractivity contribution in [2.24, 2.45) is 0 Å². The first-order chi connectivity index (χ1) is 17.7. The predicted molar refractivity (Wildman–Crippen MR) is 149 cm³/mol. The normalized spacial score (nSPS) is 13.7. The maximum absolute atomic E-state index is 11.4. The summed E-state index contributed by atoms with van der Waals surface area (Å²) in [4.78, 5) is 2.35. The fraction of sp³-hybridized carbons (Fsp3) is 0.118. The Morgan fingerprint density at radius 3 is 1.75 bits per heavy atom. The van der Waals surface area contributed by atoms with Crippen molar-refractivity contribution in [3.63, 3.8) is 0 Å². The topological polar surface area (TPSA) is 23.5 Å². The van der Waals surface area contributed by atoms with Crippen molar-refractivity contribution in [3.05, 3.63) is 155 Å². The number of hydrogen-bond donors (Lipinski definition) is 1. The van der Waals surface area contributed by atoms with Gasteiger partial charge in [-0.2, -0.15) is 0 Å². The number of phenolic OH excluding ortho intramolecular Hbond substituents is 1. The van der Waals surface area contributed by atoms with Crippen molar-refractivity contribution in [2.75, 3.05) is 4.90 Å². The molecule has 0 fully saturated rings. The zero-order chi connectivity index (χ0) is 24.7. The van der Waals surface area contributed by atoms with Crippen LogP contribution in [0.4, 0.5) is 17.1 Å². The van der Waals surface area contributed by atoms with E-state index in [1.165, 1.54) is 16.7 Å². The number of hydrogen-bond acceptors (Lipinski definition) is 2. The van der Waals surface area contributed by atoms with Crippen molar-refractivity contribution in [1.82, 2.24) is 0 Å². The number of aryl methyl sites for hydroxylation is 2. The number of phenols is 1. The van der Waals surface area contributed by atoms with Gasteiger partial charge in [-0.3, -0.25) is 0 Å². The Bertz CT molecular complexity index is 1510. The summed E-state index contributed by atoms with van der Waals surface area (Å²) in [5.41, 5.74) is 9.58. The van der Waals surface area contributed by atoms with Crippen molar-refractivity contribution in [1.29, 1.82) is 0 Å². The first-order valence-corrected chi connectivity index (χ1v) is 12.6. The summed E-state index contributed by atoms with van der Waals surface area (Å²) < 4.78 is 0. The molecule has 1 heterocycles. The van der Waals surface area contributed by atoms with Gasteiger partial charge in [0, 0.05) is 11.3 Å². The lowest BCUT2D eigenvalue weighted by molar-refractivity contribution is 0.460. The third-order valence-electron chi connectivity index (χ3n) is 7.52. The van der Waals surface area contributed by atoms with Gasteiger partial charge >= 0.3 is 0 Å². The molecule has 0 saturated heterocycles. The molecule has 0 spiro atoms. The molecule has 5 aromatic rings. The quantitative estimate of drug-likeness (QED) is 0.281. The van der Waals surface area contributed by atoms with Gasteiger partial charge in [0.05, 0.1) is 16.8 Å². The lowest BCUT2D eigenvalue weighted by Gasteiger charge is -2.47. The van der Waals surface area contributed by atoms with Gasteiger partial charge in [-0.05, 0) is 71.5 Å². The molecule has 1 N–H and O–H groups in total. The number of nitrogens with zero attached hydrogens (tertiary/aromatic N) is 1. The van der Waals surface area contributed by atoms with E-state index in [0.29, 0.717) is 5.75 Å². The van der Waals surface area contributed by atoms with Gasteiger partial charge in [0.25, 0.3) is 0 Å². The molecule has 0 unspecified atom stereocenters. The molecule has 1 aliphatic rings. The third-order valence-corrected chi connectivity index (χ3v) is 7.52. The first kappa shape index (κ1) is 22.2. The van der Waals surface area contributed by atoms with Crippen LogP contribution in [0.2, 0.25) is 0 Å². The maximum Gasteiger partial charge on any atom is 0.120 e. The van der Waals surface area contributed by atoms with Crippen LogP contribution in [0.1, 0.15) is 40.3 Å². The monoisotopic (exact) mass is 467 g/mol. The van der Waals surface area contributed by atoms with Gasteiger partial charge in [-0.15, -0.1) is 0 Å². The molecule has 36 heavy (non-hydrogen) atoms. The van der Waals surface area contributed by atoms with E-state index in [-0.39, 0.29) is 0 Å². The van der Waals surface area contributed by atoms with Crippen LogP contribution in [0.25, 0.3) is 0 Å². The van der Waals surface area contributed by atoms with Gasteiger partial charge in [0.1, 0.15) is 5.75 Å². The lowest BCUT2D eigenvalue weighted by atomic mass is 9.61. The Hall–Kier alpha value is -4.30. The minimum absolute atomic E-state index is 0.300. The van der Waals surface area contributed by atoms with Crippen LogP contribution in [-0.2, 0) is 11.8 Å². The SMILES string of the molecule is CCc1ccc(C2(c3ccccc3O)c3ccccc3N(c3ccccc3)c3ccccc32)c(C)c1. The van der Waals surface area contributed by atoms with Crippen LogP contribution in [0.3, 0.4) is 0 Å². The summed E-state index contributed by atoms with van der Waals surface area (Å²) in [6, 6.07) is 42.4. The van der Waals surface area contributed by atoms with Crippen molar-refractivity contribution in [3.8, 4) is 5.75 Å². The molecule has 0 radical (unpaired) electrons. The van der Waals surface area contributed by atoms with Crippen LogP contribution in [-0.4, -0.2) is 5.11 Å². The van der Waals surface area contributed by atoms with Crippen molar-refractivity contribution >= 4 is 17.1 Å². The summed E-state index contributed by atoms with van der Waals surface area (Å²) >= 11 is 0. The van der Waals surface area contributed by atoms with E-state index >= 15 is 0 Å². The molecule has 0 bridgehead atoms. The van der Waals surface area contributed by atoms with E-state index in [4.69, 9.17) is 0 Å². The van der Waals surface area contributed by atoms with E-state index in [9.17, 15) is 5.11 Å². The second-order valence-electron chi connectivity index (χ2n) is 9.48. The van der Waals surface area contributed by atoms with Crippen LogP contribution in [0, 0.1) is 6.92 Å². The van der Waals surface area contributed by atoms with Crippen molar-refractivity contribution in [2.45, 2.75) is 25.7 Å². The van der Waals surface area contributed by atoms with Crippen LogP contribution >= 0.6 is 0 Å². The third kappa shape index (κ3) is 3.18. The number of rotatable bonds is 4. The number of aromatic hydroxyl groups is 1. The van der Waals surface area contributed by atoms with Crippen LogP contribution in [0.5, 0.6) is 5.75 Å². The average molecular weight is 468 g/mol. The second kappa shape index (κ2) is 8.73. The van der Waals surface area contributed by atoms with E-state index in [1.807, 2.05) is 18.2 Å². The fourth-order valence-electron chi connectivity index (χ4n) is 5.98. The molecular weight excluding hydrogens is 438 g/mol. The summed E-state index contributed by atoms with van der Waals surface area (Å²) in [7, 11) is 0. The summed E-state index contributed by atoms with van der Waals surface area (Å²) in [5.74, 6) is 0.300. The Balaban J connectivity index is 1.80. The largest absolute Gasteiger partial charge is 0.508 e. The lowest BCUT2D eigenvalue weighted by Crippen LogP contribution is -2.38. The molecule has 0 saturated carbocycles. The summed E-state index contributed by atoms with van der Waals surface area (Å²) in [6.07, 6.45) is 0.986. The van der Waals surface area contributed by atoms with Gasteiger partial charge in [-0.1, -0.05) is 97.9 Å². The molecule has 0 aliphatic carbocycles. The zero-order valence-corrected chi connectivity index (χ0v) is 20.6. The molecule has 0 aromatic heterocycles. The molecule has 0 atom stereocenters. The molecular formula is C34H29NO. The van der Waals surface area contributed by atoms with E-state index in [1.54, 1.807) is 0 Å². The predicted octanol–water partition coefficient (Wildman–Crippen LogP) is 8.43. The molecule has 2 heteroatoms. The number of fused-ring (bicyclic) bond motifs is 2. The fourth-order valence-corrected chi connectivity index (χ4v) is 5.98. The Morgan fingerprint density at radius 1 is 0.611 bits per heavy atom. The standard InChI is InChI=1S/C34H29NO/c1-3-25-21-22-27(24(2)23-25)34(30-17-9-12-20-33(30)36)28-15-7-10-18-31(28)35(26-13-5-4-6-14-26)32-19-11-8-16-29(32)34/h4-23,36H,3H2,1-2H3. The average Bonchev–Trinajstić information content (AvgIpc) is 2.93. The Labute approximate surface area is 213 Å². The van der Waals surface area contributed by atoms with Gasteiger partial charge in [0.15, 0.2) is 0 Å². The van der Waals surface area contributed by atoms with Crippen molar-refractivity contribution < 1.29 is 5.11 Å². The Morgan fingerprint density at radius 2 is 1.17 bits per heavy atom. The van der Waals surface area contributed by atoms with Crippen LogP contribution in [0.15, 0.2) is 121 Å². The molecule has 1 aliphatic heterocycles. The molecule has 0 amide bonds. The maximum atomic E-state index is 11.4. The molecule has 5 aromatic carbocycles. The van der Waals surface area contributed by atoms with E-state index in [0.717, 1.165) is 40.2 Å². The summed E-state index contributed by atoms with van der Waals surface area (Å²) in [5, 5.41) is 11.4.